The minimum absolute atomic E-state index is 0.105. The Labute approximate surface area is 162 Å². The summed E-state index contributed by atoms with van der Waals surface area (Å²) in [6, 6.07) is 7.48. The number of thiophene rings is 1. The van der Waals surface area contributed by atoms with Crippen molar-refractivity contribution in [2.24, 2.45) is 5.92 Å². The van der Waals surface area contributed by atoms with Gasteiger partial charge < -0.3 is 10.2 Å². The van der Waals surface area contributed by atoms with Crippen LogP contribution in [0.2, 0.25) is 10.0 Å². The lowest BCUT2D eigenvalue weighted by Gasteiger charge is -2.37. The van der Waals surface area contributed by atoms with E-state index in [2.05, 4.69) is 30.6 Å². The summed E-state index contributed by atoms with van der Waals surface area (Å²) in [5, 5.41) is 6.55. The molecule has 3 nitrogen and oxygen atoms in total. The average Bonchev–Trinajstić information content (AvgIpc) is 3.02. The molecule has 1 N–H and O–H groups in total. The Hall–Kier alpha value is -1.07. The molecule has 0 bridgehead atoms. The maximum atomic E-state index is 12.9. The van der Waals surface area contributed by atoms with Gasteiger partial charge in [0.1, 0.15) is 0 Å². The Morgan fingerprint density at radius 2 is 2.12 bits per heavy atom. The van der Waals surface area contributed by atoms with E-state index in [0.717, 1.165) is 18.5 Å². The van der Waals surface area contributed by atoms with E-state index in [4.69, 9.17) is 23.2 Å². The van der Waals surface area contributed by atoms with Crippen molar-refractivity contribution in [2.45, 2.75) is 26.3 Å². The molecule has 1 unspecified atom stereocenters. The van der Waals surface area contributed by atoms with Crippen molar-refractivity contribution in [1.82, 2.24) is 10.2 Å². The average molecular weight is 397 g/mol. The van der Waals surface area contributed by atoms with Crippen molar-refractivity contribution in [3.8, 4) is 0 Å². The lowest BCUT2D eigenvalue weighted by molar-refractivity contribution is -0.132. The Morgan fingerprint density at radius 1 is 1.32 bits per heavy atom. The second kappa shape index (κ2) is 8.09. The first-order chi connectivity index (χ1) is 12.0. The highest BCUT2D eigenvalue weighted by Crippen LogP contribution is 2.40. The molecule has 134 valence electrons. The number of benzene rings is 1. The first-order valence-corrected chi connectivity index (χ1v) is 10.1. The maximum Gasteiger partial charge on any atom is 0.237 e. The zero-order valence-corrected chi connectivity index (χ0v) is 16.7. The quantitative estimate of drug-likeness (QED) is 0.788. The zero-order chi connectivity index (χ0) is 18.0. The molecule has 1 atom stereocenters. The Bertz CT molecular complexity index is 760. The van der Waals surface area contributed by atoms with Crippen LogP contribution in [0.4, 0.5) is 0 Å². The smallest absolute Gasteiger partial charge is 0.237 e. The predicted octanol–water partition coefficient (Wildman–Crippen LogP) is 4.77. The van der Waals surface area contributed by atoms with Crippen molar-refractivity contribution in [2.75, 3.05) is 19.6 Å². The van der Waals surface area contributed by atoms with Gasteiger partial charge in [-0.2, -0.15) is 0 Å². The summed E-state index contributed by atoms with van der Waals surface area (Å²) >= 11 is 14.3. The molecule has 1 amide bonds. The Kier molecular flexibility index (Phi) is 6.05. The monoisotopic (exact) mass is 396 g/mol. The largest absolute Gasteiger partial charge is 0.330 e. The van der Waals surface area contributed by atoms with E-state index in [0.29, 0.717) is 29.1 Å². The summed E-state index contributed by atoms with van der Waals surface area (Å²) in [6.45, 7) is 6.15. The molecule has 1 aliphatic heterocycles. The molecular formula is C19H22Cl2N2OS. The summed E-state index contributed by atoms with van der Waals surface area (Å²) in [5.74, 6) is 0.618. The van der Waals surface area contributed by atoms with Gasteiger partial charge >= 0.3 is 0 Å². The van der Waals surface area contributed by atoms with Crippen LogP contribution in [0.5, 0.6) is 0 Å². The van der Waals surface area contributed by atoms with Gasteiger partial charge in [-0.1, -0.05) is 43.1 Å². The van der Waals surface area contributed by atoms with E-state index in [1.54, 1.807) is 17.4 Å². The molecular weight excluding hydrogens is 375 g/mol. The van der Waals surface area contributed by atoms with E-state index in [9.17, 15) is 4.79 Å². The molecule has 1 aliphatic rings. The number of halogens is 2. The fourth-order valence-electron chi connectivity index (χ4n) is 3.21. The highest BCUT2D eigenvalue weighted by Gasteiger charge is 2.33. The molecule has 25 heavy (non-hydrogen) atoms. The second-order valence-electron chi connectivity index (χ2n) is 6.73. The van der Waals surface area contributed by atoms with Gasteiger partial charge in [0.2, 0.25) is 5.91 Å². The fourth-order valence-corrected chi connectivity index (χ4v) is 4.63. The topological polar surface area (TPSA) is 32.3 Å². The number of carbonyl (C=O) groups excluding carboxylic acids is 1. The van der Waals surface area contributed by atoms with Crippen LogP contribution in [0.3, 0.4) is 0 Å². The van der Waals surface area contributed by atoms with Gasteiger partial charge in [-0.15, -0.1) is 11.3 Å². The van der Waals surface area contributed by atoms with E-state index in [1.807, 2.05) is 17.0 Å². The van der Waals surface area contributed by atoms with Crippen LogP contribution in [-0.2, 0) is 11.2 Å². The number of fused-ring (bicyclic) bond motifs is 1. The summed E-state index contributed by atoms with van der Waals surface area (Å²) in [7, 11) is 0. The molecule has 1 aromatic carbocycles. The number of hydrogen-bond acceptors (Lipinski definition) is 3. The van der Waals surface area contributed by atoms with Crippen LogP contribution in [0, 0.1) is 5.92 Å². The standard InChI is InChI=1S/C19H22Cl2N2OS/c1-12(2)10-22-11-18(24)23-7-5-17-15(6-8-25-17)19(23)14-4-3-13(20)9-16(14)21/h3-4,6,8-9,12,19,22H,5,7,10-11H2,1-2H3. The lowest BCUT2D eigenvalue weighted by atomic mass is 9.93. The number of carbonyl (C=O) groups is 1. The van der Waals surface area contributed by atoms with Crippen LogP contribution in [0.1, 0.15) is 35.9 Å². The van der Waals surface area contributed by atoms with E-state index in [1.165, 1.54) is 10.4 Å². The van der Waals surface area contributed by atoms with Gasteiger partial charge in [-0.25, -0.2) is 0 Å². The van der Waals surface area contributed by atoms with E-state index >= 15 is 0 Å². The summed E-state index contributed by atoms with van der Waals surface area (Å²) in [5.41, 5.74) is 2.11. The molecule has 2 aromatic rings. The molecule has 0 spiro atoms. The summed E-state index contributed by atoms with van der Waals surface area (Å²) in [4.78, 5) is 16.1. The fraction of sp³-hybridized carbons (Fsp3) is 0.421. The van der Waals surface area contributed by atoms with Crippen LogP contribution in [-0.4, -0.2) is 30.4 Å². The Balaban J connectivity index is 1.90. The number of nitrogens with one attached hydrogen (secondary N) is 1. The minimum Gasteiger partial charge on any atom is -0.330 e. The normalized spacial score (nSPS) is 17.0. The first-order valence-electron chi connectivity index (χ1n) is 8.48. The van der Waals surface area contributed by atoms with Crippen molar-refractivity contribution in [1.29, 1.82) is 0 Å². The first kappa shape index (κ1) is 18.7. The number of rotatable bonds is 5. The summed E-state index contributed by atoms with van der Waals surface area (Å²) in [6.07, 6.45) is 0.893. The molecule has 0 fully saturated rings. The molecule has 2 heterocycles. The van der Waals surface area contributed by atoms with Crippen LogP contribution in [0.25, 0.3) is 0 Å². The third kappa shape index (κ3) is 4.20. The zero-order valence-electron chi connectivity index (χ0n) is 14.4. The van der Waals surface area contributed by atoms with Crippen LogP contribution in [0.15, 0.2) is 29.6 Å². The van der Waals surface area contributed by atoms with Gasteiger partial charge in [0, 0.05) is 21.5 Å². The summed E-state index contributed by atoms with van der Waals surface area (Å²) < 4.78 is 0. The predicted molar refractivity (Wildman–Crippen MR) is 106 cm³/mol. The Morgan fingerprint density at radius 3 is 2.84 bits per heavy atom. The van der Waals surface area contributed by atoms with Crippen LogP contribution >= 0.6 is 34.5 Å². The minimum atomic E-state index is -0.145. The maximum absolute atomic E-state index is 12.9. The van der Waals surface area contributed by atoms with Gasteiger partial charge in [0.05, 0.1) is 12.6 Å². The lowest BCUT2D eigenvalue weighted by Crippen LogP contribution is -2.44. The van der Waals surface area contributed by atoms with Crippen molar-refractivity contribution in [3.05, 3.63) is 55.7 Å². The molecule has 3 rings (SSSR count). The highest BCUT2D eigenvalue weighted by molar-refractivity contribution is 7.10. The second-order valence-corrected chi connectivity index (χ2v) is 8.57. The van der Waals surface area contributed by atoms with Gasteiger partial charge in [0.15, 0.2) is 0 Å². The molecule has 0 saturated heterocycles. The van der Waals surface area contributed by atoms with E-state index in [-0.39, 0.29) is 11.9 Å². The molecule has 0 radical (unpaired) electrons. The molecule has 6 heteroatoms. The molecule has 0 saturated carbocycles. The van der Waals surface area contributed by atoms with Gasteiger partial charge in [-0.05, 0) is 53.6 Å². The van der Waals surface area contributed by atoms with Crippen molar-refractivity contribution in [3.63, 3.8) is 0 Å². The number of hydrogen-bond donors (Lipinski definition) is 1. The third-order valence-electron chi connectivity index (χ3n) is 4.37. The molecule has 0 aliphatic carbocycles. The number of amides is 1. The third-order valence-corrected chi connectivity index (χ3v) is 5.93. The number of nitrogens with zero attached hydrogens (tertiary/aromatic N) is 1. The van der Waals surface area contributed by atoms with Gasteiger partial charge in [-0.3, -0.25) is 4.79 Å². The van der Waals surface area contributed by atoms with E-state index < -0.39 is 0 Å². The SMILES string of the molecule is CC(C)CNCC(=O)N1CCc2sccc2C1c1ccc(Cl)cc1Cl. The highest BCUT2D eigenvalue weighted by atomic mass is 35.5. The van der Waals surface area contributed by atoms with Gasteiger partial charge in [0.25, 0.3) is 0 Å². The van der Waals surface area contributed by atoms with Crippen molar-refractivity contribution >= 4 is 40.4 Å². The van der Waals surface area contributed by atoms with Crippen LogP contribution < -0.4 is 5.32 Å². The molecule has 1 aromatic heterocycles. The van der Waals surface area contributed by atoms with Crippen molar-refractivity contribution < 1.29 is 4.79 Å².